The first-order chi connectivity index (χ1) is 14.3. The van der Waals surface area contributed by atoms with Gasteiger partial charge in [0.25, 0.3) is 0 Å². The molecule has 1 saturated heterocycles. The molecule has 5 heteroatoms. The molecule has 1 saturated carbocycles. The Labute approximate surface area is 171 Å². The van der Waals surface area contributed by atoms with E-state index in [2.05, 4.69) is 69.7 Å². The third-order valence-electron chi connectivity index (χ3n) is 6.34. The van der Waals surface area contributed by atoms with Crippen molar-refractivity contribution in [2.45, 2.75) is 25.7 Å². The number of nitrogens with zero attached hydrogens (tertiary/aromatic N) is 4. The molecule has 0 atom stereocenters. The highest BCUT2D eigenvalue weighted by Crippen LogP contribution is 2.29. The number of carbonyl (C=O) groups excluding carboxylic acids is 1. The molecule has 3 aromatic rings. The summed E-state index contributed by atoms with van der Waals surface area (Å²) >= 11 is 0. The molecule has 0 radical (unpaired) electrons. The molecule has 1 amide bonds. The highest BCUT2D eigenvalue weighted by Gasteiger charge is 2.29. The summed E-state index contributed by atoms with van der Waals surface area (Å²) in [5.74, 6) is 1.52. The molecular formula is C24H26N4O. The van der Waals surface area contributed by atoms with Gasteiger partial charge in [-0.15, -0.1) is 10.2 Å². The summed E-state index contributed by atoms with van der Waals surface area (Å²) in [5, 5.41) is 11.4. The number of fused-ring (bicyclic) bond motifs is 1. The number of benzene rings is 2. The van der Waals surface area contributed by atoms with E-state index in [9.17, 15) is 4.79 Å². The van der Waals surface area contributed by atoms with Gasteiger partial charge >= 0.3 is 0 Å². The van der Waals surface area contributed by atoms with Crippen molar-refractivity contribution in [1.29, 1.82) is 0 Å². The molecule has 2 heterocycles. The first kappa shape index (κ1) is 18.1. The van der Waals surface area contributed by atoms with E-state index in [1.165, 1.54) is 23.6 Å². The summed E-state index contributed by atoms with van der Waals surface area (Å²) in [6, 6.07) is 18.7. The Morgan fingerprint density at radius 3 is 2.34 bits per heavy atom. The summed E-state index contributed by atoms with van der Waals surface area (Å²) in [5.41, 5.74) is 2.00. The number of hydrogen-bond acceptors (Lipinski definition) is 4. The van der Waals surface area contributed by atoms with E-state index >= 15 is 0 Å². The van der Waals surface area contributed by atoms with Gasteiger partial charge in [0.1, 0.15) is 0 Å². The fourth-order valence-corrected chi connectivity index (χ4v) is 4.67. The lowest BCUT2D eigenvalue weighted by Crippen LogP contribution is -2.50. The van der Waals surface area contributed by atoms with Crippen molar-refractivity contribution in [3.05, 3.63) is 54.6 Å². The highest BCUT2D eigenvalue weighted by molar-refractivity contribution is 5.95. The number of piperazine rings is 1. The van der Waals surface area contributed by atoms with Crippen LogP contribution in [0.1, 0.15) is 25.7 Å². The van der Waals surface area contributed by atoms with E-state index in [1.807, 2.05) is 4.90 Å². The fourth-order valence-electron chi connectivity index (χ4n) is 4.67. The third-order valence-corrected chi connectivity index (χ3v) is 6.34. The predicted molar refractivity (Wildman–Crippen MR) is 116 cm³/mol. The SMILES string of the molecule is O=C(C1CCCC1)N1CCN(c2ccc(-c3cccc4ccccc34)nn2)CC1. The summed E-state index contributed by atoms with van der Waals surface area (Å²) in [4.78, 5) is 16.9. The highest BCUT2D eigenvalue weighted by atomic mass is 16.2. The maximum atomic E-state index is 12.6. The van der Waals surface area contributed by atoms with Crippen molar-refractivity contribution in [3.63, 3.8) is 0 Å². The van der Waals surface area contributed by atoms with Gasteiger partial charge in [0.05, 0.1) is 5.69 Å². The van der Waals surface area contributed by atoms with Crippen LogP contribution in [0.25, 0.3) is 22.0 Å². The summed E-state index contributed by atoms with van der Waals surface area (Å²) < 4.78 is 0. The van der Waals surface area contributed by atoms with Crippen molar-refractivity contribution in [3.8, 4) is 11.3 Å². The molecule has 2 fully saturated rings. The number of aromatic nitrogens is 2. The van der Waals surface area contributed by atoms with Gasteiger partial charge in [-0.3, -0.25) is 4.79 Å². The van der Waals surface area contributed by atoms with Gasteiger partial charge in [0.2, 0.25) is 5.91 Å². The molecule has 2 aromatic carbocycles. The Morgan fingerprint density at radius 1 is 0.828 bits per heavy atom. The minimum atomic E-state index is 0.265. The second-order valence-corrected chi connectivity index (χ2v) is 8.10. The van der Waals surface area contributed by atoms with Crippen LogP contribution in [0.4, 0.5) is 5.82 Å². The molecule has 1 aliphatic carbocycles. The molecule has 29 heavy (non-hydrogen) atoms. The van der Waals surface area contributed by atoms with Crippen molar-refractivity contribution in [2.75, 3.05) is 31.1 Å². The van der Waals surface area contributed by atoms with Crippen LogP contribution in [0.3, 0.4) is 0 Å². The van der Waals surface area contributed by atoms with Crippen LogP contribution in [-0.2, 0) is 4.79 Å². The maximum absolute atomic E-state index is 12.6. The first-order valence-electron chi connectivity index (χ1n) is 10.7. The zero-order chi connectivity index (χ0) is 19.6. The molecule has 0 spiro atoms. The fraction of sp³-hybridized carbons (Fsp3) is 0.375. The van der Waals surface area contributed by atoms with Gasteiger partial charge in [0, 0.05) is 37.7 Å². The molecule has 2 aliphatic rings. The summed E-state index contributed by atoms with van der Waals surface area (Å²) in [6.45, 7) is 3.20. The molecule has 5 nitrogen and oxygen atoms in total. The Kier molecular flexibility index (Phi) is 4.88. The van der Waals surface area contributed by atoms with E-state index in [0.29, 0.717) is 5.91 Å². The van der Waals surface area contributed by atoms with Crippen LogP contribution in [0.15, 0.2) is 54.6 Å². The van der Waals surface area contributed by atoms with Gasteiger partial charge < -0.3 is 9.80 Å². The molecule has 0 unspecified atom stereocenters. The lowest BCUT2D eigenvalue weighted by Gasteiger charge is -2.36. The smallest absolute Gasteiger partial charge is 0.225 e. The molecule has 148 valence electrons. The molecular weight excluding hydrogens is 360 g/mol. The second-order valence-electron chi connectivity index (χ2n) is 8.10. The molecule has 0 bridgehead atoms. The van der Waals surface area contributed by atoms with Crippen LogP contribution in [0.5, 0.6) is 0 Å². The monoisotopic (exact) mass is 386 g/mol. The van der Waals surface area contributed by atoms with Crippen LogP contribution >= 0.6 is 0 Å². The number of amides is 1. The van der Waals surface area contributed by atoms with Crippen LogP contribution in [0, 0.1) is 5.92 Å². The van der Waals surface area contributed by atoms with Crippen LogP contribution in [0.2, 0.25) is 0 Å². The first-order valence-corrected chi connectivity index (χ1v) is 10.7. The van der Waals surface area contributed by atoms with E-state index in [4.69, 9.17) is 0 Å². The van der Waals surface area contributed by atoms with E-state index in [0.717, 1.165) is 56.1 Å². The predicted octanol–water partition coefficient (Wildman–Crippen LogP) is 4.14. The van der Waals surface area contributed by atoms with Crippen molar-refractivity contribution >= 4 is 22.5 Å². The van der Waals surface area contributed by atoms with Gasteiger partial charge in [-0.25, -0.2) is 0 Å². The lowest BCUT2D eigenvalue weighted by atomic mass is 10.0. The Morgan fingerprint density at radius 2 is 1.59 bits per heavy atom. The largest absolute Gasteiger partial charge is 0.352 e. The average molecular weight is 386 g/mol. The standard InChI is InChI=1S/C24H26N4O/c29-24(19-7-1-2-8-19)28-16-14-27(15-17-28)23-13-12-22(25-26-23)21-11-5-9-18-6-3-4-10-20(18)21/h3-6,9-13,19H,1-2,7-8,14-17H2. The maximum Gasteiger partial charge on any atom is 0.225 e. The summed E-state index contributed by atoms with van der Waals surface area (Å²) in [7, 11) is 0. The molecule has 1 aliphatic heterocycles. The minimum absolute atomic E-state index is 0.265. The number of carbonyl (C=O) groups is 1. The van der Waals surface area contributed by atoms with E-state index < -0.39 is 0 Å². The van der Waals surface area contributed by atoms with Gasteiger partial charge in [-0.2, -0.15) is 0 Å². The lowest BCUT2D eigenvalue weighted by molar-refractivity contribution is -0.135. The summed E-state index contributed by atoms with van der Waals surface area (Å²) in [6.07, 6.45) is 4.55. The minimum Gasteiger partial charge on any atom is -0.352 e. The quantitative estimate of drug-likeness (QED) is 0.679. The Balaban J connectivity index is 1.28. The average Bonchev–Trinajstić information content (AvgIpc) is 3.33. The van der Waals surface area contributed by atoms with Crippen molar-refractivity contribution in [1.82, 2.24) is 15.1 Å². The van der Waals surface area contributed by atoms with Crippen LogP contribution in [-0.4, -0.2) is 47.2 Å². The zero-order valence-electron chi connectivity index (χ0n) is 16.6. The zero-order valence-corrected chi connectivity index (χ0v) is 16.6. The second kappa shape index (κ2) is 7.82. The molecule has 1 aromatic heterocycles. The number of rotatable bonds is 3. The van der Waals surface area contributed by atoms with Gasteiger partial charge in [0.15, 0.2) is 5.82 Å². The van der Waals surface area contributed by atoms with Crippen molar-refractivity contribution in [2.24, 2.45) is 5.92 Å². The molecule has 5 rings (SSSR count). The van der Waals surface area contributed by atoms with Gasteiger partial charge in [-0.1, -0.05) is 55.3 Å². The topological polar surface area (TPSA) is 49.3 Å². The third kappa shape index (κ3) is 3.57. The Bertz CT molecular complexity index is 998. The Hall–Kier alpha value is -2.95. The van der Waals surface area contributed by atoms with E-state index in [1.54, 1.807) is 0 Å². The molecule has 0 N–H and O–H groups in total. The van der Waals surface area contributed by atoms with Gasteiger partial charge in [-0.05, 0) is 35.7 Å². The number of anilines is 1. The van der Waals surface area contributed by atoms with Crippen molar-refractivity contribution < 1.29 is 4.79 Å². The normalized spacial score (nSPS) is 17.8. The van der Waals surface area contributed by atoms with E-state index in [-0.39, 0.29) is 5.92 Å². The number of hydrogen-bond donors (Lipinski definition) is 0. The van der Waals surface area contributed by atoms with Crippen LogP contribution < -0.4 is 4.90 Å².